The van der Waals surface area contributed by atoms with Crippen molar-refractivity contribution in [2.75, 3.05) is 31.2 Å². The molecule has 1 heterocycles. The monoisotopic (exact) mass is 286 g/mol. The lowest BCUT2D eigenvalue weighted by Crippen LogP contribution is -2.36. The fraction of sp³-hybridized carbons (Fsp3) is 0.400. The Bertz CT molecular complexity index is 405. The van der Waals surface area contributed by atoms with Crippen LogP contribution in [0.15, 0.2) is 22.7 Å². The lowest BCUT2D eigenvalue weighted by Gasteiger charge is -2.28. The van der Waals surface area contributed by atoms with Gasteiger partial charge in [-0.2, -0.15) is 0 Å². The molecule has 1 aromatic carbocycles. The number of ether oxygens (including phenoxy) is 1. The van der Waals surface area contributed by atoms with Crippen LogP contribution in [-0.4, -0.2) is 31.2 Å². The quantitative estimate of drug-likeness (QED) is 0.618. The van der Waals surface area contributed by atoms with E-state index in [4.69, 9.17) is 4.74 Å². The highest BCUT2D eigenvalue weighted by Gasteiger charge is 2.15. The standard InChI is InChI=1S/C10H11BrN2O3/c11-8-5-9(7-10(6-8)13(14)15)12-1-3-16-4-2-12/h5-7H,1-4H2. The molecule has 1 aliphatic rings. The number of benzene rings is 1. The van der Waals surface area contributed by atoms with Crippen LogP contribution in [0.25, 0.3) is 0 Å². The second kappa shape index (κ2) is 4.80. The van der Waals surface area contributed by atoms with Crippen LogP contribution in [0.1, 0.15) is 0 Å². The first-order valence-electron chi connectivity index (χ1n) is 4.94. The zero-order valence-corrected chi connectivity index (χ0v) is 10.1. The molecule has 6 heteroatoms. The number of morpholine rings is 1. The van der Waals surface area contributed by atoms with Gasteiger partial charge in [-0.05, 0) is 6.07 Å². The Morgan fingerprint density at radius 2 is 2.00 bits per heavy atom. The molecule has 0 bridgehead atoms. The summed E-state index contributed by atoms with van der Waals surface area (Å²) in [6, 6.07) is 4.98. The number of anilines is 1. The van der Waals surface area contributed by atoms with Crippen molar-refractivity contribution >= 4 is 27.3 Å². The van der Waals surface area contributed by atoms with Gasteiger partial charge in [0.2, 0.25) is 0 Å². The van der Waals surface area contributed by atoms with E-state index in [2.05, 4.69) is 20.8 Å². The summed E-state index contributed by atoms with van der Waals surface area (Å²) in [6.45, 7) is 2.88. The number of rotatable bonds is 2. The molecule has 0 atom stereocenters. The Morgan fingerprint density at radius 3 is 2.62 bits per heavy atom. The second-order valence-corrected chi connectivity index (χ2v) is 4.44. The summed E-state index contributed by atoms with van der Waals surface area (Å²) in [4.78, 5) is 12.4. The van der Waals surface area contributed by atoms with E-state index >= 15 is 0 Å². The molecule has 2 rings (SSSR count). The summed E-state index contributed by atoms with van der Waals surface area (Å²) in [7, 11) is 0. The average molecular weight is 287 g/mol. The van der Waals surface area contributed by atoms with Crippen LogP contribution in [0.4, 0.5) is 11.4 Å². The van der Waals surface area contributed by atoms with Crippen LogP contribution in [0, 0.1) is 10.1 Å². The lowest BCUT2D eigenvalue weighted by molar-refractivity contribution is -0.384. The molecule has 1 aromatic rings. The molecule has 0 spiro atoms. The highest BCUT2D eigenvalue weighted by atomic mass is 79.9. The Balaban J connectivity index is 2.28. The van der Waals surface area contributed by atoms with Gasteiger partial charge in [-0.3, -0.25) is 10.1 Å². The highest BCUT2D eigenvalue weighted by Crippen LogP contribution is 2.27. The largest absolute Gasteiger partial charge is 0.378 e. The van der Waals surface area contributed by atoms with Gasteiger partial charge in [-0.25, -0.2) is 0 Å². The number of non-ortho nitro benzene ring substituents is 1. The Labute approximate surface area is 101 Å². The Kier molecular flexibility index (Phi) is 3.40. The maximum atomic E-state index is 10.7. The first-order valence-corrected chi connectivity index (χ1v) is 5.74. The van der Waals surface area contributed by atoms with Gasteiger partial charge in [0, 0.05) is 35.4 Å². The number of hydrogen-bond acceptors (Lipinski definition) is 4. The third kappa shape index (κ3) is 2.51. The minimum atomic E-state index is -0.380. The smallest absolute Gasteiger partial charge is 0.272 e. The molecule has 0 aromatic heterocycles. The molecule has 0 amide bonds. The molecular formula is C10H11BrN2O3. The van der Waals surface area contributed by atoms with Crippen molar-refractivity contribution < 1.29 is 9.66 Å². The number of nitrogens with zero attached hydrogens (tertiary/aromatic N) is 2. The molecular weight excluding hydrogens is 276 g/mol. The second-order valence-electron chi connectivity index (χ2n) is 3.52. The van der Waals surface area contributed by atoms with Gasteiger partial charge < -0.3 is 9.64 Å². The van der Waals surface area contributed by atoms with Crippen LogP contribution in [0.3, 0.4) is 0 Å². The molecule has 1 fully saturated rings. The minimum absolute atomic E-state index is 0.107. The SMILES string of the molecule is O=[N+]([O-])c1cc(Br)cc(N2CCOCC2)c1. The number of halogens is 1. The zero-order valence-electron chi connectivity index (χ0n) is 8.56. The Hall–Kier alpha value is -1.14. The minimum Gasteiger partial charge on any atom is -0.378 e. The van der Waals surface area contributed by atoms with E-state index in [0.717, 1.165) is 23.2 Å². The summed E-state index contributed by atoms with van der Waals surface area (Å²) in [6.07, 6.45) is 0. The number of hydrogen-bond donors (Lipinski definition) is 0. The summed E-state index contributed by atoms with van der Waals surface area (Å²) in [5.41, 5.74) is 0.972. The van der Waals surface area contributed by atoms with Crippen molar-refractivity contribution in [2.45, 2.75) is 0 Å². The van der Waals surface area contributed by atoms with Gasteiger partial charge in [0.15, 0.2) is 0 Å². The van der Waals surface area contributed by atoms with Crippen molar-refractivity contribution in [3.8, 4) is 0 Å². The molecule has 86 valence electrons. The molecule has 0 radical (unpaired) electrons. The van der Waals surface area contributed by atoms with Crippen LogP contribution in [-0.2, 0) is 4.74 Å². The fourth-order valence-electron chi connectivity index (χ4n) is 1.67. The van der Waals surface area contributed by atoms with E-state index in [-0.39, 0.29) is 10.6 Å². The first kappa shape index (κ1) is 11.3. The normalized spacial score (nSPS) is 16.2. The molecule has 0 N–H and O–H groups in total. The van der Waals surface area contributed by atoms with Crippen LogP contribution >= 0.6 is 15.9 Å². The predicted molar refractivity (Wildman–Crippen MR) is 63.8 cm³/mol. The van der Waals surface area contributed by atoms with Gasteiger partial charge in [-0.15, -0.1) is 0 Å². The molecule has 1 aliphatic heterocycles. The van der Waals surface area contributed by atoms with Crippen molar-refractivity contribution in [1.82, 2.24) is 0 Å². The van der Waals surface area contributed by atoms with E-state index < -0.39 is 0 Å². The fourth-order valence-corrected chi connectivity index (χ4v) is 2.14. The van der Waals surface area contributed by atoms with Crippen LogP contribution in [0.5, 0.6) is 0 Å². The predicted octanol–water partition coefficient (Wildman–Crippen LogP) is 2.19. The van der Waals surface area contributed by atoms with Gasteiger partial charge in [-0.1, -0.05) is 15.9 Å². The number of nitro benzene ring substituents is 1. The van der Waals surface area contributed by atoms with Crippen molar-refractivity contribution in [2.24, 2.45) is 0 Å². The van der Waals surface area contributed by atoms with E-state index in [0.29, 0.717) is 13.2 Å². The third-order valence-corrected chi connectivity index (χ3v) is 2.91. The Morgan fingerprint density at radius 1 is 1.31 bits per heavy atom. The van der Waals surface area contributed by atoms with Gasteiger partial charge in [0.05, 0.1) is 18.1 Å². The van der Waals surface area contributed by atoms with Gasteiger partial charge in [0.1, 0.15) is 0 Å². The summed E-state index contributed by atoms with van der Waals surface area (Å²) in [5.74, 6) is 0. The van der Waals surface area contributed by atoms with Crippen molar-refractivity contribution in [3.63, 3.8) is 0 Å². The van der Waals surface area contributed by atoms with E-state index in [1.54, 1.807) is 6.07 Å². The molecule has 0 aliphatic carbocycles. The van der Waals surface area contributed by atoms with Crippen LogP contribution in [0.2, 0.25) is 0 Å². The zero-order chi connectivity index (χ0) is 11.5. The summed E-state index contributed by atoms with van der Waals surface area (Å²) >= 11 is 3.29. The van der Waals surface area contributed by atoms with E-state index in [9.17, 15) is 10.1 Å². The summed E-state index contributed by atoms with van der Waals surface area (Å²) < 4.78 is 5.97. The average Bonchev–Trinajstić information content (AvgIpc) is 2.29. The molecule has 1 saturated heterocycles. The molecule has 0 unspecified atom stereocenters. The molecule has 16 heavy (non-hydrogen) atoms. The lowest BCUT2D eigenvalue weighted by atomic mass is 10.2. The van der Waals surface area contributed by atoms with Crippen molar-refractivity contribution in [3.05, 3.63) is 32.8 Å². The van der Waals surface area contributed by atoms with E-state index in [1.807, 2.05) is 6.07 Å². The first-order chi connectivity index (χ1) is 7.66. The van der Waals surface area contributed by atoms with Gasteiger partial charge >= 0.3 is 0 Å². The van der Waals surface area contributed by atoms with E-state index in [1.165, 1.54) is 6.07 Å². The molecule has 5 nitrogen and oxygen atoms in total. The maximum Gasteiger partial charge on any atom is 0.272 e. The van der Waals surface area contributed by atoms with Crippen molar-refractivity contribution in [1.29, 1.82) is 0 Å². The van der Waals surface area contributed by atoms with Gasteiger partial charge in [0.25, 0.3) is 5.69 Å². The maximum absolute atomic E-state index is 10.7. The highest BCUT2D eigenvalue weighted by molar-refractivity contribution is 9.10. The molecule has 0 saturated carbocycles. The number of nitro groups is 1. The third-order valence-electron chi connectivity index (χ3n) is 2.45. The topological polar surface area (TPSA) is 55.6 Å². The summed E-state index contributed by atoms with van der Waals surface area (Å²) in [5, 5.41) is 10.7. The van der Waals surface area contributed by atoms with Crippen LogP contribution < -0.4 is 4.90 Å².